The van der Waals surface area contributed by atoms with E-state index in [1.165, 1.54) is 19.5 Å². The summed E-state index contributed by atoms with van der Waals surface area (Å²) < 4.78 is 5.18. The molecule has 0 aromatic carbocycles. The third kappa shape index (κ3) is 2.45. The van der Waals surface area contributed by atoms with Crippen molar-refractivity contribution in [1.82, 2.24) is 10.2 Å². The van der Waals surface area contributed by atoms with Crippen molar-refractivity contribution in [2.24, 2.45) is 5.92 Å². The summed E-state index contributed by atoms with van der Waals surface area (Å²) in [5, 5.41) is 12.9. The van der Waals surface area contributed by atoms with Crippen molar-refractivity contribution >= 4 is 0 Å². The number of hydrogen-bond donors (Lipinski definition) is 2. The van der Waals surface area contributed by atoms with Gasteiger partial charge in [0.15, 0.2) is 0 Å². The zero-order valence-corrected chi connectivity index (χ0v) is 8.78. The number of nitrogens with one attached hydrogen (secondary N) is 1. The molecule has 0 radical (unpaired) electrons. The van der Waals surface area contributed by atoms with Crippen LogP contribution < -0.4 is 5.32 Å². The molecule has 0 saturated carbocycles. The lowest BCUT2D eigenvalue weighted by Crippen LogP contribution is -2.41. The summed E-state index contributed by atoms with van der Waals surface area (Å²) in [6, 6.07) is 0.154. The molecule has 2 N–H and O–H groups in total. The molecule has 82 valence electrons. The molecule has 2 saturated heterocycles. The van der Waals surface area contributed by atoms with Crippen molar-refractivity contribution in [1.29, 1.82) is 0 Å². The molecular weight excluding hydrogens is 180 g/mol. The molecule has 3 unspecified atom stereocenters. The minimum Gasteiger partial charge on any atom is -0.389 e. The van der Waals surface area contributed by atoms with E-state index < -0.39 is 0 Å². The van der Waals surface area contributed by atoms with E-state index in [-0.39, 0.29) is 12.1 Å². The maximum atomic E-state index is 9.52. The minimum atomic E-state index is -0.311. The Morgan fingerprint density at radius 3 is 2.93 bits per heavy atom. The standard InChI is InChI=1S/C10H20N2O2/c1-12-3-2-8(5-12)4-11-9-6-14-7-10(9)13/h8-11,13H,2-7H2,1H3. The van der Waals surface area contributed by atoms with E-state index in [1.54, 1.807) is 0 Å². The van der Waals surface area contributed by atoms with Gasteiger partial charge in [-0.05, 0) is 32.5 Å². The lowest BCUT2D eigenvalue weighted by molar-refractivity contribution is 0.122. The van der Waals surface area contributed by atoms with Gasteiger partial charge in [0.1, 0.15) is 0 Å². The Bertz CT molecular complexity index is 189. The summed E-state index contributed by atoms with van der Waals surface area (Å²) in [6.07, 6.45) is 0.960. The average Bonchev–Trinajstić information content (AvgIpc) is 2.72. The van der Waals surface area contributed by atoms with Crippen LogP contribution in [-0.4, -0.2) is 62.0 Å². The van der Waals surface area contributed by atoms with Gasteiger partial charge >= 0.3 is 0 Å². The van der Waals surface area contributed by atoms with Gasteiger partial charge in [-0.15, -0.1) is 0 Å². The highest BCUT2D eigenvalue weighted by molar-refractivity contribution is 4.83. The second-order valence-electron chi connectivity index (χ2n) is 4.54. The fraction of sp³-hybridized carbons (Fsp3) is 1.00. The molecule has 2 aliphatic rings. The highest BCUT2D eigenvalue weighted by Crippen LogP contribution is 2.14. The Kier molecular flexibility index (Phi) is 3.38. The van der Waals surface area contributed by atoms with Gasteiger partial charge in [-0.3, -0.25) is 0 Å². The molecule has 2 heterocycles. The summed E-state index contributed by atoms with van der Waals surface area (Å²) in [7, 11) is 2.16. The third-order valence-electron chi connectivity index (χ3n) is 3.21. The predicted molar refractivity (Wildman–Crippen MR) is 54.2 cm³/mol. The fourth-order valence-electron chi connectivity index (χ4n) is 2.25. The van der Waals surface area contributed by atoms with E-state index in [0.717, 1.165) is 12.5 Å². The van der Waals surface area contributed by atoms with Crippen LogP contribution in [0.25, 0.3) is 0 Å². The zero-order chi connectivity index (χ0) is 9.97. The van der Waals surface area contributed by atoms with Crippen LogP contribution >= 0.6 is 0 Å². The number of rotatable bonds is 3. The largest absolute Gasteiger partial charge is 0.389 e. The van der Waals surface area contributed by atoms with E-state index in [9.17, 15) is 5.11 Å². The first kappa shape index (κ1) is 10.4. The van der Waals surface area contributed by atoms with Crippen molar-refractivity contribution in [2.45, 2.75) is 18.6 Å². The lowest BCUT2D eigenvalue weighted by atomic mass is 10.1. The SMILES string of the molecule is CN1CCC(CNC2COCC2O)C1. The smallest absolute Gasteiger partial charge is 0.0948 e. The summed E-state index contributed by atoms with van der Waals surface area (Å²) in [6.45, 7) is 4.54. The van der Waals surface area contributed by atoms with Crippen LogP contribution in [0.4, 0.5) is 0 Å². The van der Waals surface area contributed by atoms with E-state index >= 15 is 0 Å². The van der Waals surface area contributed by atoms with E-state index in [1.807, 2.05) is 0 Å². The number of hydrogen-bond acceptors (Lipinski definition) is 4. The quantitative estimate of drug-likeness (QED) is 0.631. The third-order valence-corrected chi connectivity index (χ3v) is 3.21. The van der Waals surface area contributed by atoms with Crippen LogP contribution in [0.5, 0.6) is 0 Å². The van der Waals surface area contributed by atoms with E-state index in [2.05, 4.69) is 17.3 Å². The van der Waals surface area contributed by atoms with Crippen molar-refractivity contribution in [3.8, 4) is 0 Å². The summed E-state index contributed by atoms with van der Waals surface area (Å²) in [4.78, 5) is 2.36. The first-order valence-electron chi connectivity index (χ1n) is 5.43. The Hall–Kier alpha value is -0.160. The van der Waals surface area contributed by atoms with Gasteiger partial charge in [-0.2, -0.15) is 0 Å². The molecule has 0 aliphatic carbocycles. The molecular formula is C10H20N2O2. The molecule has 2 aliphatic heterocycles. The van der Waals surface area contributed by atoms with Crippen LogP contribution in [0, 0.1) is 5.92 Å². The Balaban J connectivity index is 1.67. The summed E-state index contributed by atoms with van der Waals surface area (Å²) in [5.41, 5.74) is 0. The summed E-state index contributed by atoms with van der Waals surface area (Å²) in [5.74, 6) is 0.743. The monoisotopic (exact) mass is 200 g/mol. The van der Waals surface area contributed by atoms with Crippen molar-refractivity contribution in [3.63, 3.8) is 0 Å². The second kappa shape index (κ2) is 4.57. The average molecular weight is 200 g/mol. The second-order valence-corrected chi connectivity index (χ2v) is 4.54. The lowest BCUT2D eigenvalue weighted by Gasteiger charge is -2.17. The topological polar surface area (TPSA) is 44.7 Å². The normalized spacial score (nSPS) is 39.4. The predicted octanol–water partition coefficient (Wildman–Crippen LogP) is -0.713. The van der Waals surface area contributed by atoms with Gasteiger partial charge in [0.25, 0.3) is 0 Å². The summed E-state index contributed by atoms with van der Waals surface area (Å²) >= 11 is 0. The highest BCUT2D eigenvalue weighted by Gasteiger charge is 2.27. The number of aliphatic hydroxyl groups is 1. The molecule has 4 nitrogen and oxygen atoms in total. The Morgan fingerprint density at radius 2 is 2.36 bits per heavy atom. The van der Waals surface area contributed by atoms with E-state index in [0.29, 0.717) is 13.2 Å². The molecule has 4 heteroatoms. The maximum absolute atomic E-state index is 9.52. The minimum absolute atomic E-state index is 0.154. The molecule has 3 atom stereocenters. The maximum Gasteiger partial charge on any atom is 0.0948 e. The molecule has 0 spiro atoms. The van der Waals surface area contributed by atoms with Gasteiger partial charge in [-0.25, -0.2) is 0 Å². The molecule has 0 bridgehead atoms. The van der Waals surface area contributed by atoms with E-state index in [4.69, 9.17) is 4.74 Å². The van der Waals surface area contributed by atoms with Crippen LogP contribution in [-0.2, 0) is 4.74 Å². The van der Waals surface area contributed by atoms with Gasteiger partial charge in [-0.1, -0.05) is 0 Å². The van der Waals surface area contributed by atoms with Crippen LogP contribution in [0.1, 0.15) is 6.42 Å². The van der Waals surface area contributed by atoms with Crippen molar-refractivity contribution in [3.05, 3.63) is 0 Å². The first-order chi connectivity index (χ1) is 6.75. The molecule has 2 fully saturated rings. The Labute approximate surface area is 85.2 Å². The van der Waals surface area contributed by atoms with Crippen molar-refractivity contribution < 1.29 is 9.84 Å². The number of ether oxygens (including phenoxy) is 1. The van der Waals surface area contributed by atoms with Gasteiger partial charge in [0.2, 0.25) is 0 Å². The highest BCUT2D eigenvalue weighted by atomic mass is 16.5. The Morgan fingerprint density at radius 1 is 1.50 bits per heavy atom. The van der Waals surface area contributed by atoms with Gasteiger partial charge < -0.3 is 20.1 Å². The molecule has 0 aromatic rings. The molecule has 0 amide bonds. The number of aliphatic hydroxyl groups excluding tert-OH is 1. The molecule has 0 aromatic heterocycles. The first-order valence-corrected chi connectivity index (χ1v) is 5.43. The number of likely N-dealkylation sites (tertiary alicyclic amines) is 1. The number of nitrogens with zero attached hydrogens (tertiary/aromatic N) is 1. The van der Waals surface area contributed by atoms with Crippen molar-refractivity contribution in [2.75, 3.05) is 39.9 Å². The van der Waals surface area contributed by atoms with Gasteiger partial charge in [0.05, 0.1) is 25.4 Å². The van der Waals surface area contributed by atoms with Crippen LogP contribution in [0.2, 0.25) is 0 Å². The molecule has 2 rings (SSSR count). The van der Waals surface area contributed by atoms with Crippen LogP contribution in [0.3, 0.4) is 0 Å². The van der Waals surface area contributed by atoms with Crippen LogP contribution in [0.15, 0.2) is 0 Å². The van der Waals surface area contributed by atoms with Gasteiger partial charge in [0, 0.05) is 6.54 Å². The zero-order valence-electron chi connectivity index (χ0n) is 8.78. The molecule has 14 heavy (non-hydrogen) atoms. The fourth-order valence-corrected chi connectivity index (χ4v) is 2.25.